The van der Waals surface area contributed by atoms with Crippen LogP contribution in [0.2, 0.25) is 0 Å². The fraction of sp³-hybridized carbons (Fsp3) is 0.312. The van der Waals surface area contributed by atoms with Gasteiger partial charge in [0.1, 0.15) is 0 Å². The molecule has 0 radical (unpaired) electrons. The Bertz CT molecular complexity index is 773. The summed E-state index contributed by atoms with van der Waals surface area (Å²) in [7, 11) is -2.32. The average molecular weight is 335 g/mol. The van der Waals surface area contributed by atoms with Crippen LogP contribution in [0.5, 0.6) is 0 Å². The molecular formula is C16H17NO3S2. The van der Waals surface area contributed by atoms with Gasteiger partial charge in [0.05, 0.1) is 10.6 Å². The molecule has 1 aromatic carbocycles. The van der Waals surface area contributed by atoms with Crippen LogP contribution in [0, 0.1) is 0 Å². The number of rotatable bonds is 4. The third-order valence-corrected chi connectivity index (χ3v) is 6.78. The highest BCUT2D eigenvalue weighted by Gasteiger charge is 2.27. The predicted molar refractivity (Wildman–Crippen MR) is 87.5 cm³/mol. The van der Waals surface area contributed by atoms with E-state index >= 15 is 0 Å². The van der Waals surface area contributed by atoms with E-state index in [2.05, 4.69) is 0 Å². The van der Waals surface area contributed by atoms with Crippen molar-refractivity contribution in [3.63, 3.8) is 0 Å². The van der Waals surface area contributed by atoms with Gasteiger partial charge in [0.15, 0.2) is 0 Å². The average Bonchev–Trinajstić information content (AvgIpc) is 3.07. The quantitative estimate of drug-likeness (QED) is 0.863. The highest BCUT2D eigenvalue weighted by Crippen LogP contribution is 2.31. The van der Waals surface area contributed by atoms with Gasteiger partial charge in [-0.25, -0.2) is 12.7 Å². The van der Waals surface area contributed by atoms with Crippen LogP contribution in [0.25, 0.3) is 0 Å². The second-order valence-electron chi connectivity index (χ2n) is 5.43. The predicted octanol–water partition coefficient (Wildman–Crippen LogP) is 2.84. The molecule has 0 saturated heterocycles. The van der Waals surface area contributed by atoms with Crippen LogP contribution in [-0.2, 0) is 28.6 Å². The number of carbonyl (C=O) groups is 1. The number of sulfonamides is 1. The molecule has 1 heterocycles. The summed E-state index contributed by atoms with van der Waals surface area (Å²) < 4.78 is 25.7. The summed E-state index contributed by atoms with van der Waals surface area (Å²) >= 11 is 1.43. The lowest BCUT2D eigenvalue weighted by atomic mass is 10.2. The zero-order valence-electron chi connectivity index (χ0n) is 12.3. The Kier molecular flexibility index (Phi) is 4.06. The van der Waals surface area contributed by atoms with Crippen LogP contribution >= 0.6 is 11.3 Å². The minimum atomic E-state index is -3.66. The summed E-state index contributed by atoms with van der Waals surface area (Å²) in [6, 6.07) is 10.8. The summed E-state index contributed by atoms with van der Waals surface area (Å²) in [5.74, 6) is -0.600. The molecule has 0 aliphatic heterocycles. The molecule has 0 atom stereocenters. The fourth-order valence-corrected chi connectivity index (χ4v) is 5.04. The summed E-state index contributed by atoms with van der Waals surface area (Å²) in [5, 5.41) is 0. The van der Waals surface area contributed by atoms with Gasteiger partial charge in [-0.2, -0.15) is 0 Å². The van der Waals surface area contributed by atoms with Crippen molar-refractivity contribution in [1.29, 1.82) is 0 Å². The molecular weight excluding hydrogens is 318 g/mol. The molecule has 116 valence electrons. The number of benzene rings is 1. The first-order valence-electron chi connectivity index (χ1n) is 7.14. The molecule has 6 heteroatoms. The van der Waals surface area contributed by atoms with Crippen LogP contribution < -0.4 is 0 Å². The van der Waals surface area contributed by atoms with Crippen molar-refractivity contribution < 1.29 is 13.2 Å². The van der Waals surface area contributed by atoms with Crippen LogP contribution in [0.3, 0.4) is 0 Å². The molecule has 0 spiro atoms. The van der Waals surface area contributed by atoms with Crippen molar-refractivity contribution in [2.75, 3.05) is 7.05 Å². The standard InChI is InChI=1S/C16H17NO3S2/c1-17(22(19,20)11-12-6-3-2-4-7-12)16(18)15-10-13-8-5-9-14(13)21-15/h2-4,6-7,10H,5,8-9,11H2,1H3. The van der Waals surface area contributed by atoms with E-state index in [4.69, 9.17) is 0 Å². The lowest BCUT2D eigenvalue weighted by molar-refractivity contribution is 0.0887. The van der Waals surface area contributed by atoms with Gasteiger partial charge in [0.2, 0.25) is 10.0 Å². The molecule has 0 saturated carbocycles. The van der Waals surface area contributed by atoms with Gasteiger partial charge >= 0.3 is 0 Å². The highest BCUT2D eigenvalue weighted by molar-refractivity contribution is 7.88. The summed E-state index contributed by atoms with van der Waals surface area (Å²) in [4.78, 5) is 14.2. The maximum absolute atomic E-state index is 12.4. The smallest absolute Gasteiger partial charge is 0.267 e. The van der Waals surface area contributed by atoms with E-state index in [0.29, 0.717) is 10.4 Å². The van der Waals surface area contributed by atoms with Crippen LogP contribution in [-0.4, -0.2) is 25.7 Å². The van der Waals surface area contributed by atoms with Gasteiger partial charge in [-0.15, -0.1) is 11.3 Å². The first kappa shape index (κ1) is 15.2. The monoisotopic (exact) mass is 335 g/mol. The van der Waals surface area contributed by atoms with Crippen LogP contribution in [0.4, 0.5) is 0 Å². The van der Waals surface area contributed by atoms with Gasteiger partial charge in [0.25, 0.3) is 5.91 Å². The van der Waals surface area contributed by atoms with Crippen molar-refractivity contribution in [1.82, 2.24) is 4.31 Å². The molecule has 1 aromatic heterocycles. The second-order valence-corrected chi connectivity index (χ2v) is 8.56. The summed E-state index contributed by atoms with van der Waals surface area (Å²) in [6.45, 7) is 0. The van der Waals surface area contributed by atoms with Gasteiger partial charge < -0.3 is 0 Å². The van der Waals surface area contributed by atoms with Crippen molar-refractivity contribution in [2.45, 2.75) is 25.0 Å². The highest BCUT2D eigenvalue weighted by atomic mass is 32.2. The van der Waals surface area contributed by atoms with Crippen molar-refractivity contribution in [3.8, 4) is 0 Å². The number of nitrogens with zero attached hydrogens (tertiary/aromatic N) is 1. The molecule has 1 amide bonds. The number of amides is 1. The Morgan fingerprint density at radius 1 is 1.23 bits per heavy atom. The minimum Gasteiger partial charge on any atom is -0.267 e. The molecule has 0 N–H and O–H groups in total. The van der Waals surface area contributed by atoms with Crippen molar-refractivity contribution >= 4 is 27.3 Å². The van der Waals surface area contributed by atoms with Gasteiger partial charge in [-0.1, -0.05) is 30.3 Å². The number of hydrogen-bond acceptors (Lipinski definition) is 4. The summed E-state index contributed by atoms with van der Waals surface area (Å²) in [6.07, 6.45) is 3.10. The molecule has 0 unspecified atom stereocenters. The lowest BCUT2D eigenvalue weighted by Crippen LogP contribution is -2.33. The number of carbonyl (C=O) groups excluding carboxylic acids is 1. The van der Waals surface area contributed by atoms with E-state index in [9.17, 15) is 13.2 Å². The second kappa shape index (κ2) is 5.85. The Morgan fingerprint density at radius 2 is 1.95 bits per heavy atom. The molecule has 4 nitrogen and oxygen atoms in total. The van der Waals surface area contributed by atoms with E-state index in [-0.39, 0.29) is 5.75 Å². The van der Waals surface area contributed by atoms with E-state index in [1.54, 1.807) is 24.3 Å². The molecule has 1 aliphatic carbocycles. The number of thiophene rings is 1. The molecule has 2 aromatic rings. The van der Waals surface area contributed by atoms with Gasteiger partial charge in [0, 0.05) is 11.9 Å². The third-order valence-electron chi connectivity index (χ3n) is 3.85. The normalized spacial score (nSPS) is 13.9. The Morgan fingerprint density at radius 3 is 2.64 bits per heavy atom. The number of aryl methyl sites for hydroxylation is 2. The van der Waals surface area contributed by atoms with Crippen molar-refractivity contribution in [2.24, 2.45) is 0 Å². The topological polar surface area (TPSA) is 54.5 Å². The first-order chi connectivity index (χ1) is 10.5. The first-order valence-corrected chi connectivity index (χ1v) is 9.56. The van der Waals surface area contributed by atoms with E-state index < -0.39 is 15.9 Å². The number of fused-ring (bicyclic) bond motifs is 1. The maximum Gasteiger partial charge on any atom is 0.277 e. The van der Waals surface area contributed by atoms with E-state index in [1.807, 2.05) is 12.1 Å². The molecule has 0 fully saturated rings. The fourth-order valence-electron chi connectivity index (χ4n) is 2.60. The molecule has 22 heavy (non-hydrogen) atoms. The van der Waals surface area contributed by atoms with Gasteiger partial charge in [-0.3, -0.25) is 4.79 Å². The Labute approximate surface area is 134 Å². The molecule has 1 aliphatic rings. The third kappa shape index (κ3) is 2.94. The Hall–Kier alpha value is -1.66. The lowest BCUT2D eigenvalue weighted by Gasteiger charge is -2.16. The minimum absolute atomic E-state index is 0.166. The maximum atomic E-state index is 12.4. The zero-order chi connectivity index (χ0) is 15.7. The summed E-state index contributed by atoms with van der Waals surface area (Å²) in [5.41, 5.74) is 1.87. The van der Waals surface area contributed by atoms with E-state index in [0.717, 1.165) is 23.6 Å². The largest absolute Gasteiger partial charge is 0.277 e. The van der Waals surface area contributed by atoms with E-state index in [1.165, 1.54) is 28.8 Å². The Balaban J connectivity index is 1.79. The molecule has 0 bridgehead atoms. The SMILES string of the molecule is CN(C(=O)c1cc2c(s1)CCC2)S(=O)(=O)Cc1ccccc1. The van der Waals surface area contributed by atoms with Crippen LogP contribution in [0.1, 0.15) is 32.1 Å². The molecule has 3 rings (SSSR count). The van der Waals surface area contributed by atoms with Crippen molar-refractivity contribution in [3.05, 3.63) is 57.3 Å². The zero-order valence-corrected chi connectivity index (χ0v) is 13.9. The van der Waals surface area contributed by atoms with Gasteiger partial charge in [-0.05, 0) is 36.5 Å². The number of hydrogen-bond donors (Lipinski definition) is 0. The van der Waals surface area contributed by atoms with Crippen LogP contribution in [0.15, 0.2) is 36.4 Å².